The maximum Gasteiger partial charge on any atom is 0.301 e. The Bertz CT molecular complexity index is 1960. The second kappa shape index (κ2) is 11.0. The molecule has 1 amide bonds. The summed E-state index contributed by atoms with van der Waals surface area (Å²) in [4.78, 5) is 33.8. The number of rotatable bonds is 6. The zero-order chi connectivity index (χ0) is 30.5. The van der Waals surface area contributed by atoms with Crippen LogP contribution in [0, 0.1) is 13.8 Å². The summed E-state index contributed by atoms with van der Waals surface area (Å²) in [7, 11) is 0. The zero-order valence-corrected chi connectivity index (χ0v) is 25.4. The van der Waals surface area contributed by atoms with E-state index in [1.54, 1.807) is 12.1 Å². The standard InChI is InChI=1S/C36H30N2O5S/c1-20-15-21(2)31-29(16-20)44-36(37-31)38-32(24-9-12-27(13-10-24)42-19-23-7-5-4-6-8-23)30(34(40)35(38)41)33(39)25-11-14-28-26(18-25)17-22(3)43-28/h4-16,18,22,32,39H,17,19H2,1-3H3. The van der Waals surface area contributed by atoms with Gasteiger partial charge in [-0.05, 0) is 85.0 Å². The van der Waals surface area contributed by atoms with Gasteiger partial charge in [0.1, 0.15) is 30.0 Å². The number of carbonyl (C=O) groups is 2. The third-order valence-corrected chi connectivity index (χ3v) is 9.08. The van der Waals surface area contributed by atoms with Crippen LogP contribution in [0.15, 0.2) is 90.5 Å². The van der Waals surface area contributed by atoms with Crippen LogP contribution < -0.4 is 14.4 Å². The molecule has 1 fully saturated rings. The number of aliphatic hydroxyl groups excluding tert-OH is 1. The predicted molar refractivity (Wildman–Crippen MR) is 171 cm³/mol. The Labute approximate surface area is 259 Å². The highest BCUT2D eigenvalue weighted by Crippen LogP contribution is 2.45. The monoisotopic (exact) mass is 602 g/mol. The maximum absolute atomic E-state index is 13.8. The van der Waals surface area contributed by atoms with Crippen molar-refractivity contribution in [3.8, 4) is 11.5 Å². The van der Waals surface area contributed by atoms with E-state index in [4.69, 9.17) is 14.5 Å². The number of hydrogen-bond acceptors (Lipinski definition) is 7. The molecule has 7 rings (SSSR count). The number of nitrogens with zero attached hydrogens (tertiary/aromatic N) is 2. The van der Waals surface area contributed by atoms with Crippen molar-refractivity contribution < 1.29 is 24.2 Å². The lowest BCUT2D eigenvalue weighted by Crippen LogP contribution is -2.29. The SMILES string of the molecule is Cc1cc(C)c2nc(N3C(=O)C(=O)C(=C(O)c4ccc5c(c4)CC(C)O5)C3c3ccc(OCc4ccccc4)cc3)sc2c1. The summed E-state index contributed by atoms with van der Waals surface area (Å²) < 4.78 is 12.7. The van der Waals surface area contributed by atoms with E-state index < -0.39 is 17.7 Å². The molecule has 0 radical (unpaired) electrons. The van der Waals surface area contributed by atoms with Crippen LogP contribution in [0.3, 0.4) is 0 Å². The number of amides is 1. The molecule has 0 bridgehead atoms. The molecule has 0 spiro atoms. The minimum absolute atomic E-state index is 0.0204. The number of thiazole rings is 1. The van der Waals surface area contributed by atoms with Crippen molar-refractivity contribution in [1.82, 2.24) is 4.98 Å². The van der Waals surface area contributed by atoms with Gasteiger partial charge in [-0.2, -0.15) is 0 Å². The van der Waals surface area contributed by atoms with Gasteiger partial charge in [0.25, 0.3) is 5.78 Å². The summed E-state index contributed by atoms with van der Waals surface area (Å²) in [5.74, 6) is -0.303. The average molecular weight is 603 g/mol. The quantitative estimate of drug-likeness (QED) is 0.123. The molecule has 7 nitrogen and oxygen atoms in total. The van der Waals surface area contributed by atoms with E-state index in [1.807, 2.05) is 93.6 Å². The molecule has 2 aliphatic heterocycles. The molecule has 44 heavy (non-hydrogen) atoms. The second-order valence-electron chi connectivity index (χ2n) is 11.4. The van der Waals surface area contributed by atoms with Gasteiger partial charge in [0.05, 0.1) is 21.8 Å². The first-order valence-electron chi connectivity index (χ1n) is 14.5. The molecule has 2 unspecified atom stereocenters. The minimum atomic E-state index is -0.886. The number of aryl methyl sites for hydroxylation is 2. The highest BCUT2D eigenvalue weighted by molar-refractivity contribution is 7.22. The number of benzene rings is 4. The van der Waals surface area contributed by atoms with Crippen molar-refractivity contribution in [3.63, 3.8) is 0 Å². The van der Waals surface area contributed by atoms with Crippen LogP contribution in [-0.2, 0) is 22.6 Å². The van der Waals surface area contributed by atoms with Crippen molar-refractivity contribution in [1.29, 1.82) is 0 Å². The zero-order valence-electron chi connectivity index (χ0n) is 24.5. The van der Waals surface area contributed by atoms with Gasteiger partial charge in [-0.1, -0.05) is 59.9 Å². The lowest BCUT2D eigenvalue weighted by molar-refractivity contribution is -0.132. The lowest BCUT2D eigenvalue weighted by Gasteiger charge is -2.23. The van der Waals surface area contributed by atoms with Crippen LogP contribution in [0.4, 0.5) is 5.13 Å². The van der Waals surface area contributed by atoms with Gasteiger partial charge >= 0.3 is 5.91 Å². The molecule has 3 heterocycles. The molecule has 0 saturated carbocycles. The van der Waals surface area contributed by atoms with Crippen LogP contribution in [0.2, 0.25) is 0 Å². The van der Waals surface area contributed by atoms with E-state index in [2.05, 4.69) is 0 Å². The molecule has 8 heteroatoms. The molecule has 2 atom stereocenters. The van der Waals surface area contributed by atoms with E-state index in [1.165, 1.54) is 16.2 Å². The molecule has 1 aromatic heterocycles. The van der Waals surface area contributed by atoms with E-state index in [0.717, 1.165) is 38.2 Å². The van der Waals surface area contributed by atoms with E-state index in [-0.39, 0.29) is 17.4 Å². The van der Waals surface area contributed by atoms with Crippen molar-refractivity contribution in [3.05, 3.63) is 124 Å². The van der Waals surface area contributed by atoms with Crippen LogP contribution >= 0.6 is 11.3 Å². The second-order valence-corrected chi connectivity index (χ2v) is 12.4. The highest BCUT2D eigenvalue weighted by Gasteiger charge is 2.48. The number of fused-ring (bicyclic) bond motifs is 2. The fourth-order valence-corrected chi connectivity index (χ4v) is 7.19. The van der Waals surface area contributed by atoms with Gasteiger partial charge in [-0.3, -0.25) is 14.5 Å². The van der Waals surface area contributed by atoms with Crippen LogP contribution in [0.25, 0.3) is 16.0 Å². The molecule has 1 saturated heterocycles. The Balaban J connectivity index is 1.32. The van der Waals surface area contributed by atoms with Gasteiger partial charge in [0.15, 0.2) is 5.13 Å². The summed E-state index contributed by atoms with van der Waals surface area (Å²) in [6.45, 7) is 6.39. The Morgan fingerprint density at radius 1 is 1.02 bits per heavy atom. The van der Waals surface area contributed by atoms with Crippen LogP contribution in [0.1, 0.15) is 46.3 Å². The van der Waals surface area contributed by atoms with Gasteiger partial charge < -0.3 is 14.6 Å². The maximum atomic E-state index is 13.8. The van der Waals surface area contributed by atoms with Gasteiger partial charge in [-0.25, -0.2) is 4.98 Å². The van der Waals surface area contributed by atoms with E-state index in [0.29, 0.717) is 35.0 Å². The van der Waals surface area contributed by atoms with Crippen molar-refractivity contribution in [2.75, 3.05) is 4.90 Å². The fraction of sp³-hybridized carbons (Fsp3) is 0.194. The van der Waals surface area contributed by atoms with Crippen molar-refractivity contribution in [2.45, 2.75) is 45.9 Å². The fourth-order valence-electron chi connectivity index (χ4n) is 6.02. The highest BCUT2D eigenvalue weighted by atomic mass is 32.1. The molecule has 220 valence electrons. The number of anilines is 1. The molecular weight excluding hydrogens is 572 g/mol. The Kier molecular flexibility index (Phi) is 6.94. The summed E-state index contributed by atoms with van der Waals surface area (Å²) in [5.41, 5.74) is 5.99. The molecule has 4 aromatic carbocycles. The van der Waals surface area contributed by atoms with Gasteiger partial charge in [0, 0.05) is 12.0 Å². The topological polar surface area (TPSA) is 89.0 Å². The first kappa shape index (κ1) is 27.9. The number of aromatic nitrogens is 1. The number of carbonyl (C=O) groups excluding carboxylic acids is 2. The minimum Gasteiger partial charge on any atom is -0.507 e. The average Bonchev–Trinajstić information content (AvgIpc) is 3.69. The van der Waals surface area contributed by atoms with Crippen LogP contribution in [-0.4, -0.2) is 27.9 Å². The van der Waals surface area contributed by atoms with Crippen molar-refractivity contribution >= 4 is 44.1 Å². The van der Waals surface area contributed by atoms with Gasteiger partial charge in [0.2, 0.25) is 0 Å². The summed E-state index contributed by atoms with van der Waals surface area (Å²) >= 11 is 1.36. The normalized spacial score (nSPS) is 18.9. The predicted octanol–water partition coefficient (Wildman–Crippen LogP) is 7.44. The Hall–Kier alpha value is -4.95. The Morgan fingerprint density at radius 3 is 2.57 bits per heavy atom. The third kappa shape index (κ3) is 4.91. The largest absolute Gasteiger partial charge is 0.507 e. The van der Waals surface area contributed by atoms with Crippen LogP contribution in [0.5, 0.6) is 11.5 Å². The first-order valence-corrected chi connectivity index (χ1v) is 15.3. The molecule has 1 N–H and O–H groups in total. The first-order chi connectivity index (χ1) is 21.3. The Morgan fingerprint density at radius 2 is 1.80 bits per heavy atom. The summed E-state index contributed by atoms with van der Waals surface area (Å²) in [6, 6.07) is 25.7. The van der Waals surface area contributed by atoms with Crippen molar-refractivity contribution in [2.24, 2.45) is 0 Å². The van der Waals surface area contributed by atoms with Gasteiger partial charge in [-0.15, -0.1) is 0 Å². The number of Topliss-reactive ketones (excluding diaryl/α,β-unsaturated/α-hetero) is 1. The third-order valence-electron chi connectivity index (χ3n) is 8.08. The number of hydrogen-bond donors (Lipinski definition) is 1. The summed E-state index contributed by atoms with van der Waals surface area (Å²) in [6.07, 6.45) is 0.727. The summed E-state index contributed by atoms with van der Waals surface area (Å²) in [5, 5.41) is 12.1. The van der Waals surface area contributed by atoms with E-state index in [9.17, 15) is 14.7 Å². The van der Waals surface area contributed by atoms with E-state index >= 15 is 0 Å². The number of aliphatic hydroxyl groups is 1. The number of ketones is 1. The number of ether oxygens (including phenoxy) is 2. The lowest BCUT2D eigenvalue weighted by atomic mass is 9.94. The molecule has 5 aromatic rings. The molecule has 0 aliphatic carbocycles. The molecular formula is C36H30N2O5S. The molecule has 2 aliphatic rings. The smallest absolute Gasteiger partial charge is 0.301 e.